The van der Waals surface area contributed by atoms with Crippen molar-refractivity contribution in [3.63, 3.8) is 0 Å². The first-order chi connectivity index (χ1) is 17.3. The van der Waals surface area contributed by atoms with Crippen LogP contribution in [0.4, 0.5) is 10.1 Å². The van der Waals surface area contributed by atoms with Gasteiger partial charge in [-0.1, -0.05) is 60.1 Å². The van der Waals surface area contributed by atoms with Crippen LogP contribution in [0.1, 0.15) is 5.56 Å². The van der Waals surface area contributed by atoms with E-state index >= 15 is 0 Å². The van der Waals surface area contributed by atoms with Gasteiger partial charge < -0.3 is 10.1 Å². The van der Waals surface area contributed by atoms with E-state index in [1.54, 1.807) is 48.5 Å². The molecule has 0 spiro atoms. The van der Waals surface area contributed by atoms with Gasteiger partial charge in [0.25, 0.3) is 0 Å². The number of carbonyl (C=O) groups excluding carboxylic acids is 1. The lowest BCUT2D eigenvalue weighted by Crippen LogP contribution is -2.45. The maximum absolute atomic E-state index is 13.4. The van der Waals surface area contributed by atoms with Crippen molar-refractivity contribution >= 4 is 33.2 Å². The molecule has 0 aliphatic heterocycles. The Labute approximate surface area is 213 Å². The molecule has 4 aromatic rings. The van der Waals surface area contributed by atoms with Crippen molar-refractivity contribution in [2.24, 2.45) is 0 Å². The van der Waals surface area contributed by atoms with Gasteiger partial charge in [0, 0.05) is 5.02 Å². The second-order valence-electron chi connectivity index (χ2n) is 7.86. The van der Waals surface area contributed by atoms with Crippen LogP contribution in [0, 0.1) is 5.82 Å². The fourth-order valence-electron chi connectivity index (χ4n) is 3.43. The van der Waals surface area contributed by atoms with Crippen molar-refractivity contribution in [3.8, 4) is 11.5 Å². The summed E-state index contributed by atoms with van der Waals surface area (Å²) in [6, 6.07) is 25.9. The van der Waals surface area contributed by atoms with Crippen molar-refractivity contribution in [1.82, 2.24) is 4.72 Å². The highest BCUT2D eigenvalue weighted by Gasteiger charge is 2.27. The van der Waals surface area contributed by atoms with Gasteiger partial charge in [0.05, 0.1) is 10.6 Å². The average Bonchev–Trinajstić information content (AvgIpc) is 2.87. The summed E-state index contributed by atoms with van der Waals surface area (Å²) >= 11 is 6.16. The Balaban J connectivity index is 1.62. The quantitative estimate of drug-likeness (QED) is 0.290. The first-order valence-electron chi connectivity index (χ1n) is 11.0. The molecule has 9 heteroatoms. The number of para-hydroxylation sites is 1. The zero-order chi connectivity index (χ0) is 25.5. The summed E-state index contributed by atoms with van der Waals surface area (Å²) in [5.74, 6) is -0.309. The standard InChI is InChI=1S/C27H22ClFN2O4S/c28-20-11-16-26(35-22-9-5-2-6-10-22)24(18-20)30-27(32)25(17-19-7-3-1-4-8-19)31-36(33,34)23-14-12-21(29)13-15-23/h1-16,18,25,31H,17H2,(H,30,32). The number of amides is 1. The number of ether oxygens (including phenoxy) is 1. The molecule has 0 bridgehead atoms. The summed E-state index contributed by atoms with van der Waals surface area (Å²) in [5.41, 5.74) is 1.02. The van der Waals surface area contributed by atoms with E-state index in [0.717, 1.165) is 29.8 Å². The molecule has 36 heavy (non-hydrogen) atoms. The Morgan fingerprint density at radius 2 is 1.53 bits per heavy atom. The molecule has 6 nitrogen and oxygen atoms in total. The number of halogens is 2. The summed E-state index contributed by atoms with van der Waals surface area (Å²) in [7, 11) is -4.14. The molecular formula is C27H22ClFN2O4S. The second kappa shape index (κ2) is 11.3. The molecular weight excluding hydrogens is 503 g/mol. The Morgan fingerprint density at radius 3 is 2.19 bits per heavy atom. The van der Waals surface area contributed by atoms with Gasteiger partial charge in [-0.2, -0.15) is 4.72 Å². The molecule has 0 fully saturated rings. The van der Waals surface area contributed by atoms with Crippen LogP contribution >= 0.6 is 11.6 Å². The Bertz CT molecular complexity index is 1430. The molecule has 0 aliphatic carbocycles. The zero-order valence-corrected chi connectivity index (χ0v) is 20.5. The van der Waals surface area contributed by atoms with Gasteiger partial charge in [-0.05, 0) is 66.6 Å². The highest BCUT2D eigenvalue weighted by molar-refractivity contribution is 7.89. The van der Waals surface area contributed by atoms with Crippen LogP contribution in [-0.2, 0) is 21.2 Å². The molecule has 184 valence electrons. The molecule has 4 rings (SSSR count). The van der Waals surface area contributed by atoms with E-state index in [-0.39, 0.29) is 17.0 Å². The summed E-state index contributed by atoms with van der Waals surface area (Å²) in [6.45, 7) is 0. The minimum Gasteiger partial charge on any atom is -0.455 e. The molecule has 1 amide bonds. The predicted molar refractivity (Wildman–Crippen MR) is 137 cm³/mol. The zero-order valence-electron chi connectivity index (χ0n) is 18.9. The van der Waals surface area contributed by atoms with E-state index in [4.69, 9.17) is 16.3 Å². The largest absolute Gasteiger partial charge is 0.455 e. The summed E-state index contributed by atoms with van der Waals surface area (Å²) in [5, 5.41) is 3.10. The molecule has 0 aliphatic rings. The van der Waals surface area contributed by atoms with E-state index in [2.05, 4.69) is 10.0 Å². The number of nitrogens with one attached hydrogen (secondary N) is 2. The number of benzene rings is 4. The fourth-order valence-corrected chi connectivity index (χ4v) is 4.80. The van der Waals surface area contributed by atoms with Crippen molar-refractivity contribution in [2.75, 3.05) is 5.32 Å². The summed E-state index contributed by atoms with van der Waals surface area (Å²) in [6.07, 6.45) is 0.0720. The van der Waals surface area contributed by atoms with Crippen LogP contribution < -0.4 is 14.8 Å². The van der Waals surface area contributed by atoms with E-state index in [9.17, 15) is 17.6 Å². The van der Waals surface area contributed by atoms with Crippen molar-refractivity contribution < 1.29 is 22.3 Å². The molecule has 2 N–H and O–H groups in total. The molecule has 1 unspecified atom stereocenters. The number of carbonyl (C=O) groups is 1. The number of sulfonamides is 1. The summed E-state index contributed by atoms with van der Waals surface area (Å²) in [4.78, 5) is 13.2. The van der Waals surface area contributed by atoms with Crippen molar-refractivity contribution in [2.45, 2.75) is 17.4 Å². The first-order valence-corrected chi connectivity index (χ1v) is 12.8. The highest BCUT2D eigenvalue weighted by Crippen LogP contribution is 2.32. The van der Waals surface area contributed by atoms with E-state index in [0.29, 0.717) is 16.5 Å². The number of hydrogen-bond donors (Lipinski definition) is 2. The highest BCUT2D eigenvalue weighted by atomic mass is 35.5. The van der Waals surface area contributed by atoms with Gasteiger partial charge in [0.15, 0.2) is 5.75 Å². The Kier molecular flexibility index (Phi) is 8.00. The lowest BCUT2D eigenvalue weighted by Gasteiger charge is -2.20. The third-order valence-electron chi connectivity index (χ3n) is 5.19. The topological polar surface area (TPSA) is 84.5 Å². The lowest BCUT2D eigenvalue weighted by atomic mass is 10.1. The first kappa shape index (κ1) is 25.4. The van der Waals surface area contributed by atoms with Crippen LogP contribution in [0.5, 0.6) is 11.5 Å². The molecule has 0 saturated heterocycles. The van der Waals surface area contributed by atoms with Gasteiger partial charge >= 0.3 is 0 Å². The van der Waals surface area contributed by atoms with E-state index in [1.165, 1.54) is 6.07 Å². The van der Waals surface area contributed by atoms with Gasteiger partial charge in [0.2, 0.25) is 15.9 Å². The molecule has 0 aromatic heterocycles. The Hall–Kier alpha value is -3.72. The van der Waals surface area contributed by atoms with Gasteiger partial charge in [-0.15, -0.1) is 0 Å². The number of hydrogen-bond acceptors (Lipinski definition) is 4. The molecule has 1 atom stereocenters. The third-order valence-corrected chi connectivity index (χ3v) is 6.91. The number of anilines is 1. The van der Waals surface area contributed by atoms with E-state index < -0.39 is 27.8 Å². The van der Waals surface area contributed by atoms with Gasteiger partial charge in [-0.25, -0.2) is 12.8 Å². The minimum absolute atomic E-state index is 0.0720. The third kappa shape index (κ3) is 6.69. The molecule has 4 aromatic carbocycles. The maximum Gasteiger partial charge on any atom is 0.243 e. The van der Waals surface area contributed by atoms with Gasteiger partial charge in [0.1, 0.15) is 17.6 Å². The molecule has 0 saturated carbocycles. The SMILES string of the molecule is O=C(Nc1cc(Cl)ccc1Oc1ccccc1)C(Cc1ccccc1)NS(=O)(=O)c1ccc(F)cc1. The minimum atomic E-state index is -4.14. The lowest BCUT2D eigenvalue weighted by molar-refractivity contribution is -0.117. The Morgan fingerprint density at radius 1 is 0.889 bits per heavy atom. The van der Waals surface area contributed by atoms with Crippen molar-refractivity contribution in [3.05, 3.63) is 120 Å². The molecule has 0 radical (unpaired) electrons. The normalized spacial score (nSPS) is 12.1. The van der Waals surface area contributed by atoms with E-state index in [1.807, 2.05) is 24.3 Å². The smallest absolute Gasteiger partial charge is 0.243 e. The van der Waals surface area contributed by atoms with Crippen LogP contribution in [0.3, 0.4) is 0 Å². The van der Waals surface area contributed by atoms with Crippen LogP contribution in [0.2, 0.25) is 5.02 Å². The molecule has 0 heterocycles. The second-order valence-corrected chi connectivity index (χ2v) is 10.0. The fraction of sp³-hybridized carbons (Fsp3) is 0.0741. The average molecular weight is 525 g/mol. The van der Waals surface area contributed by atoms with Crippen LogP contribution in [-0.4, -0.2) is 20.4 Å². The predicted octanol–water partition coefficient (Wildman–Crippen LogP) is 5.80. The van der Waals surface area contributed by atoms with Gasteiger partial charge in [-0.3, -0.25) is 4.79 Å². The number of rotatable bonds is 9. The maximum atomic E-state index is 13.4. The summed E-state index contributed by atoms with van der Waals surface area (Å²) < 4.78 is 47.7. The monoisotopic (exact) mass is 524 g/mol. The van der Waals surface area contributed by atoms with Crippen molar-refractivity contribution in [1.29, 1.82) is 0 Å². The van der Waals surface area contributed by atoms with Crippen LogP contribution in [0.15, 0.2) is 108 Å². The van der Waals surface area contributed by atoms with Crippen LogP contribution in [0.25, 0.3) is 0 Å².